The second kappa shape index (κ2) is 6.30. The molecule has 22 heavy (non-hydrogen) atoms. The number of allylic oxidation sites excluding steroid dienone is 2. The maximum absolute atomic E-state index is 12.2. The lowest BCUT2D eigenvalue weighted by Gasteiger charge is -2.29. The van der Waals surface area contributed by atoms with Crippen molar-refractivity contribution in [2.75, 3.05) is 0 Å². The average Bonchev–Trinajstić information content (AvgIpc) is 2.49. The molecule has 1 aliphatic rings. The molecule has 1 unspecified atom stereocenters. The molecule has 0 aliphatic heterocycles. The maximum Gasteiger partial charge on any atom is 0.282 e. The van der Waals surface area contributed by atoms with Crippen molar-refractivity contribution in [1.29, 1.82) is 0 Å². The molecule has 0 heterocycles. The van der Waals surface area contributed by atoms with Crippen LogP contribution in [0.5, 0.6) is 0 Å². The molecule has 10 heteroatoms. The average molecular weight is 422 g/mol. The molecule has 0 saturated heterocycles. The van der Waals surface area contributed by atoms with Gasteiger partial charge in [-0.05, 0) is 12.1 Å². The van der Waals surface area contributed by atoms with E-state index < -0.39 is 35.6 Å². The van der Waals surface area contributed by atoms with Crippen LogP contribution in [0.1, 0.15) is 0 Å². The van der Waals surface area contributed by atoms with E-state index in [2.05, 4.69) is 4.40 Å². The van der Waals surface area contributed by atoms with Gasteiger partial charge in [-0.25, -0.2) is 0 Å². The molecule has 0 spiro atoms. The second-order valence-corrected chi connectivity index (χ2v) is 8.39. The molecule has 2 rings (SSSR count). The zero-order chi connectivity index (χ0) is 16.7. The van der Waals surface area contributed by atoms with Gasteiger partial charge in [0.2, 0.25) is 10.1 Å². The van der Waals surface area contributed by atoms with Crippen molar-refractivity contribution in [1.82, 2.24) is 0 Å². The molecule has 0 bridgehead atoms. The Bertz CT molecular complexity index is 786. The molecule has 118 valence electrons. The van der Waals surface area contributed by atoms with Crippen LogP contribution in [-0.4, -0.2) is 29.6 Å². The summed E-state index contributed by atoms with van der Waals surface area (Å²) in [6, 6.07) is 7.36. The van der Waals surface area contributed by atoms with E-state index in [0.717, 1.165) is 0 Å². The zero-order valence-electron chi connectivity index (χ0n) is 10.4. The topological polar surface area (TPSA) is 63.6 Å². The summed E-state index contributed by atoms with van der Waals surface area (Å²) in [5.74, 6) is -0.918. The quantitative estimate of drug-likeness (QED) is 0.681. The first-order valence-electron chi connectivity index (χ1n) is 5.61. The molecule has 0 fully saturated rings. The lowest BCUT2D eigenvalue weighted by atomic mass is 10.0. The summed E-state index contributed by atoms with van der Waals surface area (Å²) in [5, 5.41) is -2.40. The Labute approximate surface area is 151 Å². The molecule has 1 atom stereocenters. The number of carbonyl (C=O) groups excluding carboxylic acids is 1. The van der Waals surface area contributed by atoms with E-state index in [1.165, 1.54) is 24.3 Å². The van der Waals surface area contributed by atoms with Gasteiger partial charge in [0.05, 0.1) is 15.6 Å². The minimum absolute atomic E-state index is 0.0846. The van der Waals surface area contributed by atoms with Crippen molar-refractivity contribution in [3.8, 4) is 0 Å². The Morgan fingerprint density at radius 1 is 1.05 bits per heavy atom. The van der Waals surface area contributed by atoms with Crippen molar-refractivity contribution >= 4 is 79.5 Å². The summed E-state index contributed by atoms with van der Waals surface area (Å²) in [6.45, 7) is 0. The highest BCUT2D eigenvalue weighted by Gasteiger charge is 2.51. The SMILES string of the molecule is O=C1C(Cl)=C(Cl)/C(=N\S(=O)(=O)c2ccccc2)C(Cl)C1(Cl)Cl. The molecule has 0 saturated carbocycles. The molecule has 1 aromatic carbocycles. The lowest BCUT2D eigenvalue weighted by molar-refractivity contribution is -0.115. The molecule has 0 radical (unpaired) electrons. The third kappa shape index (κ3) is 3.16. The van der Waals surface area contributed by atoms with Crippen LogP contribution in [0.2, 0.25) is 0 Å². The number of carbonyl (C=O) groups is 1. The van der Waals surface area contributed by atoms with Gasteiger partial charge in [0, 0.05) is 0 Å². The lowest BCUT2D eigenvalue weighted by Crippen LogP contribution is -2.45. The second-order valence-electron chi connectivity index (χ2n) is 4.21. The van der Waals surface area contributed by atoms with Crippen LogP contribution in [0.3, 0.4) is 0 Å². The molecular formula is C12H6Cl5NO3S. The zero-order valence-corrected chi connectivity index (χ0v) is 15.0. The predicted octanol–water partition coefficient (Wildman–Crippen LogP) is 3.87. The number of nitrogens with zero attached hydrogens (tertiary/aromatic N) is 1. The predicted molar refractivity (Wildman–Crippen MR) is 88.9 cm³/mol. The van der Waals surface area contributed by atoms with Gasteiger partial charge in [-0.1, -0.05) is 64.6 Å². The summed E-state index contributed by atoms with van der Waals surface area (Å²) >= 11 is 29.2. The fourth-order valence-corrected chi connectivity index (χ4v) is 4.08. The molecule has 1 aliphatic carbocycles. The Morgan fingerprint density at radius 2 is 1.59 bits per heavy atom. The Morgan fingerprint density at radius 3 is 2.14 bits per heavy atom. The number of hydrogen-bond donors (Lipinski definition) is 0. The molecule has 0 amide bonds. The van der Waals surface area contributed by atoms with Gasteiger partial charge in [0.15, 0.2) is 0 Å². The fourth-order valence-electron chi connectivity index (χ4n) is 1.62. The van der Waals surface area contributed by atoms with Gasteiger partial charge in [0.25, 0.3) is 10.0 Å². The van der Waals surface area contributed by atoms with E-state index in [9.17, 15) is 13.2 Å². The molecule has 1 aromatic rings. The van der Waals surface area contributed by atoms with Gasteiger partial charge in [-0.3, -0.25) is 4.79 Å². The van der Waals surface area contributed by atoms with Gasteiger partial charge in [-0.2, -0.15) is 12.8 Å². The van der Waals surface area contributed by atoms with Crippen molar-refractivity contribution in [2.24, 2.45) is 4.40 Å². The van der Waals surface area contributed by atoms with Crippen molar-refractivity contribution in [3.63, 3.8) is 0 Å². The number of ketones is 1. The van der Waals surface area contributed by atoms with Gasteiger partial charge >= 0.3 is 0 Å². The number of halogens is 5. The summed E-state index contributed by atoms with van der Waals surface area (Å²) < 4.78 is 25.9. The Hall–Kier alpha value is -0.300. The van der Waals surface area contributed by atoms with Gasteiger partial charge < -0.3 is 0 Å². The van der Waals surface area contributed by atoms with E-state index in [1.54, 1.807) is 6.07 Å². The van der Waals surface area contributed by atoms with Crippen LogP contribution in [0, 0.1) is 0 Å². The molecular weight excluding hydrogens is 415 g/mol. The van der Waals surface area contributed by atoms with Gasteiger partial charge in [-0.15, -0.1) is 11.6 Å². The summed E-state index contributed by atoms with van der Waals surface area (Å²) in [6.07, 6.45) is 0. The summed E-state index contributed by atoms with van der Waals surface area (Å²) in [5.41, 5.74) is -0.387. The smallest absolute Gasteiger partial charge is 0.282 e. The molecule has 4 nitrogen and oxygen atoms in total. The Balaban J connectivity index is 2.63. The van der Waals surface area contributed by atoms with E-state index >= 15 is 0 Å². The third-order valence-electron chi connectivity index (χ3n) is 2.74. The summed E-state index contributed by atoms with van der Waals surface area (Å²) in [4.78, 5) is 11.7. The van der Waals surface area contributed by atoms with E-state index in [0.29, 0.717) is 0 Å². The number of Topliss-reactive ketones (excluding diaryl/α,β-unsaturated/α-hetero) is 1. The van der Waals surface area contributed by atoms with Crippen molar-refractivity contribution in [2.45, 2.75) is 14.6 Å². The minimum atomic E-state index is -4.12. The van der Waals surface area contributed by atoms with E-state index in [4.69, 9.17) is 58.0 Å². The van der Waals surface area contributed by atoms with Gasteiger partial charge in [0.1, 0.15) is 10.4 Å². The van der Waals surface area contributed by atoms with Crippen molar-refractivity contribution < 1.29 is 13.2 Å². The largest absolute Gasteiger partial charge is 0.290 e. The first-order valence-corrected chi connectivity index (χ1v) is 9.00. The highest BCUT2D eigenvalue weighted by Crippen LogP contribution is 2.42. The first kappa shape index (κ1) is 18.0. The van der Waals surface area contributed by atoms with Crippen LogP contribution in [0.4, 0.5) is 0 Å². The Kier molecular flexibility index (Phi) is 5.17. The monoisotopic (exact) mass is 419 g/mol. The van der Waals surface area contributed by atoms with E-state index in [-0.39, 0.29) is 10.6 Å². The van der Waals surface area contributed by atoms with Crippen LogP contribution in [0.25, 0.3) is 0 Å². The number of benzene rings is 1. The number of alkyl halides is 3. The van der Waals surface area contributed by atoms with Crippen LogP contribution >= 0.6 is 58.0 Å². The highest BCUT2D eigenvalue weighted by molar-refractivity contribution is 7.90. The van der Waals surface area contributed by atoms with Crippen LogP contribution in [-0.2, 0) is 14.8 Å². The maximum atomic E-state index is 12.2. The van der Waals surface area contributed by atoms with Crippen molar-refractivity contribution in [3.05, 3.63) is 40.4 Å². The van der Waals surface area contributed by atoms with Crippen LogP contribution < -0.4 is 0 Å². The molecule has 0 aromatic heterocycles. The normalized spacial score (nSPS) is 24.0. The standard InChI is InChI=1S/C12H6Cl5NO3S/c13-7-8(14)11(19)12(16,17)10(15)9(7)18-22(20,21)6-4-2-1-3-5-6/h1-5,10H/b18-9+. The summed E-state index contributed by atoms with van der Waals surface area (Å²) in [7, 11) is -4.12. The number of sulfonamides is 1. The number of hydrogen-bond acceptors (Lipinski definition) is 3. The van der Waals surface area contributed by atoms with E-state index in [1.807, 2.05) is 0 Å². The molecule has 0 N–H and O–H groups in total. The van der Waals surface area contributed by atoms with Crippen LogP contribution in [0.15, 0.2) is 49.7 Å². The third-order valence-corrected chi connectivity index (χ3v) is 6.42. The first-order chi connectivity index (χ1) is 10.1. The minimum Gasteiger partial charge on any atom is -0.290 e. The number of rotatable bonds is 2. The fraction of sp³-hybridized carbons (Fsp3) is 0.167. The highest BCUT2D eigenvalue weighted by atomic mass is 35.5.